The van der Waals surface area contributed by atoms with Crippen LogP contribution in [0.3, 0.4) is 0 Å². The average Bonchev–Trinajstić information content (AvgIpc) is 2.33. The normalized spacial score (nSPS) is 11.8. The molecule has 0 atom stereocenters. The van der Waals surface area contributed by atoms with E-state index in [-0.39, 0.29) is 5.89 Å². The Hall–Kier alpha value is -0.620. The van der Waals surface area contributed by atoms with E-state index >= 15 is 0 Å². The second kappa shape index (κ2) is 4.06. The molecule has 0 fully saturated rings. The van der Waals surface area contributed by atoms with E-state index in [1.54, 1.807) is 0 Å². The Morgan fingerprint density at radius 3 is 2.77 bits per heavy atom. The Kier molecular flexibility index (Phi) is 3.27. The highest BCUT2D eigenvalue weighted by molar-refractivity contribution is 8.13. The Morgan fingerprint density at radius 1 is 1.54 bits per heavy atom. The largest absolute Gasteiger partial charge is 0.338 e. The number of hydrogen-bond acceptors (Lipinski definition) is 5. The standard InChI is InChI=1S/C6H9ClN2O3S/c1-2-3-5-8-6(12-9-5)4-13(7,10)11/h2-4H2,1H3. The van der Waals surface area contributed by atoms with Gasteiger partial charge in [-0.3, -0.25) is 0 Å². The molecule has 0 bridgehead atoms. The number of hydrogen-bond donors (Lipinski definition) is 0. The summed E-state index contributed by atoms with van der Waals surface area (Å²) in [5, 5.41) is 3.58. The molecule has 0 N–H and O–H groups in total. The molecule has 1 aromatic heterocycles. The van der Waals surface area contributed by atoms with Gasteiger partial charge in [0.15, 0.2) is 5.82 Å². The third-order valence-corrected chi connectivity index (χ3v) is 2.20. The number of halogens is 1. The molecule has 1 aromatic rings. The van der Waals surface area contributed by atoms with Crippen molar-refractivity contribution < 1.29 is 12.9 Å². The van der Waals surface area contributed by atoms with Crippen LogP contribution < -0.4 is 0 Å². The molecule has 0 saturated carbocycles. The van der Waals surface area contributed by atoms with Gasteiger partial charge in [0.2, 0.25) is 14.9 Å². The van der Waals surface area contributed by atoms with E-state index in [2.05, 4.69) is 14.7 Å². The topological polar surface area (TPSA) is 73.1 Å². The first kappa shape index (κ1) is 10.5. The maximum absolute atomic E-state index is 10.6. The molecule has 0 amide bonds. The summed E-state index contributed by atoms with van der Waals surface area (Å²) in [7, 11) is 1.40. The van der Waals surface area contributed by atoms with Gasteiger partial charge in [0, 0.05) is 17.1 Å². The summed E-state index contributed by atoms with van der Waals surface area (Å²) in [6.07, 6.45) is 1.55. The van der Waals surface area contributed by atoms with E-state index in [1.165, 1.54) is 0 Å². The fraction of sp³-hybridized carbons (Fsp3) is 0.667. The SMILES string of the molecule is CCCc1noc(CS(=O)(=O)Cl)n1. The molecule has 0 aliphatic carbocycles. The first-order valence-corrected chi connectivity index (χ1v) is 6.23. The molecule has 0 aliphatic heterocycles. The summed E-state index contributed by atoms with van der Waals surface area (Å²) in [5.41, 5.74) is 0. The smallest absolute Gasteiger partial charge is 0.243 e. The van der Waals surface area contributed by atoms with Gasteiger partial charge in [-0.25, -0.2) is 8.42 Å². The summed E-state index contributed by atoms with van der Waals surface area (Å²) in [6.45, 7) is 1.97. The van der Waals surface area contributed by atoms with Crippen molar-refractivity contribution >= 4 is 19.7 Å². The van der Waals surface area contributed by atoms with Gasteiger partial charge in [0.05, 0.1) is 0 Å². The Labute approximate surface area is 80.5 Å². The zero-order valence-corrected chi connectivity index (χ0v) is 8.60. The van der Waals surface area contributed by atoms with Crippen molar-refractivity contribution in [1.29, 1.82) is 0 Å². The van der Waals surface area contributed by atoms with Crippen molar-refractivity contribution in [2.24, 2.45) is 0 Å². The van der Waals surface area contributed by atoms with Gasteiger partial charge in [-0.15, -0.1) is 0 Å². The second-order valence-electron chi connectivity index (χ2n) is 2.54. The summed E-state index contributed by atoms with van der Waals surface area (Å²) in [5.74, 6) is 0.141. The first-order chi connectivity index (χ1) is 6.01. The lowest BCUT2D eigenvalue weighted by Crippen LogP contribution is -1.95. The maximum Gasteiger partial charge on any atom is 0.243 e. The van der Waals surface area contributed by atoms with Crippen LogP contribution >= 0.6 is 10.7 Å². The molecule has 7 heteroatoms. The Morgan fingerprint density at radius 2 is 2.23 bits per heavy atom. The fourth-order valence-electron chi connectivity index (χ4n) is 0.821. The molecule has 74 valence electrons. The highest BCUT2D eigenvalue weighted by atomic mass is 35.7. The van der Waals surface area contributed by atoms with Gasteiger partial charge >= 0.3 is 0 Å². The molecule has 0 aromatic carbocycles. The van der Waals surface area contributed by atoms with Crippen molar-refractivity contribution in [2.75, 3.05) is 0 Å². The summed E-state index contributed by atoms with van der Waals surface area (Å²) >= 11 is 0. The van der Waals surface area contributed by atoms with Gasteiger partial charge < -0.3 is 4.52 Å². The predicted octanol–water partition coefficient (Wildman–Crippen LogP) is 1.09. The molecule has 0 aliphatic rings. The summed E-state index contributed by atoms with van der Waals surface area (Å²) in [4.78, 5) is 3.84. The third kappa shape index (κ3) is 3.73. The van der Waals surface area contributed by atoms with Gasteiger partial charge in [-0.2, -0.15) is 4.98 Å². The quantitative estimate of drug-likeness (QED) is 0.716. The minimum absolute atomic E-state index is 0.0402. The van der Waals surface area contributed by atoms with Gasteiger partial charge in [0.25, 0.3) is 0 Å². The van der Waals surface area contributed by atoms with Crippen LogP contribution in [0, 0.1) is 0 Å². The Balaban J connectivity index is 2.69. The van der Waals surface area contributed by atoms with Crippen molar-refractivity contribution in [2.45, 2.75) is 25.5 Å². The van der Waals surface area contributed by atoms with Crippen LogP contribution in [0.4, 0.5) is 0 Å². The Bertz CT molecular complexity index is 373. The van der Waals surface area contributed by atoms with E-state index in [0.717, 1.165) is 6.42 Å². The van der Waals surface area contributed by atoms with Crippen molar-refractivity contribution in [1.82, 2.24) is 10.1 Å². The van der Waals surface area contributed by atoms with Crippen LogP contribution in [0.1, 0.15) is 25.1 Å². The van der Waals surface area contributed by atoms with Crippen LogP contribution in [0.5, 0.6) is 0 Å². The van der Waals surface area contributed by atoms with Crippen LogP contribution in [-0.2, 0) is 21.2 Å². The molecule has 0 spiro atoms. The molecule has 0 saturated heterocycles. The van der Waals surface area contributed by atoms with Gasteiger partial charge in [-0.1, -0.05) is 12.1 Å². The lowest BCUT2D eigenvalue weighted by atomic mass is 10.3. The van der Waals surface area contributed by atoms with E-state index < -0.39 is 14.8 Å². The van der Waals surface area contributed by atoms with Gasteiger partial charge in [0.1, 0.15) is 5.75 Å². The minimum Gasteiger partial charge on any atom is -0.338 e. The molecular formula is C6H9ClN2O3S. The zero-order valence-electron chi connectivity index (χ0n) is 7.03. The van der Waals surface area contributed by atoms with E-state index in [9.17, 15) is 8.42 Å². The number of aromatic nitrogens is 2. The lowest BCUT2D eigenvalue weighted by molar-refractivity contribution is 0.383. The predicted molar refractivity (Wildman–Crippen MR) is 46.8 cm³/mol. The first-order valence-electron chi connectivity index (χ1n) is 3.75. The van der Waals surface area contributed by atoms with Crippen LogP contribution in [0.25, 0.3) is 0 Å². The number of nitrogens with zero attached hydrogens (tertiary/aromatic N) is 2. The fourth-order valence-corrected chi connectivity index (χ4v) is 1.51. The molecule has 1 heterocycles. The van der Waals surface area contributed by atoms with Gasteiger partial charge in [-0.05, 0) is 6.42 Å². The highest BCUT2D eigenvalue weighted by Crippen LogP contribution is 2.08. The average molecular weight is 225 g/mol. The van der Waals surface area contributed by atoms with Crippen LogP contribution in [0.2, 0.25) is 0 Å². The molecule has 5 nitrogen and oxygen atoms in total. The summed E-state index contributed by atoms with van der Waals surface area (Å²) in [6, 6.07) is 0. The van der Waals surface area contributed by atoms with Crippen molar-refractivity contribution in [3.63, 3.8) is 0 Å². The number of rotatable bonds is 4. The lowest BCUT2D eigenvalue weighted by Gasteiger charge is -1.86. The van der Waals surface area contributed by atoms with E-state index in [1.807, 2.05) is 6.92 Å². The third-order valence-electron chi connectivity index (χ3n) is 1.28. The molecular weight excluding hydrogens is 216 g/mol. The van der Waals surface area contributed by atoms with Crippen molar-refractivity contribution in [3.8, 4) is 0 Å². The van der Waals surface area contributed by atoms with Crippen LogP contribution in [0.15, 0.2) is 4.52 Å². The monoisotopic (exact) mass is 224 g/mol. The highest BCUT2D eigenvalue weighted by Gasteiger charge is 2.13. The minimum atomic E-state index is -3.60. The molecule has 1 rings (SSSR count). The molecule has 0 radical (unpaired) electrons. The van der Waals surface area contributed by atoms with E-state index in [0.29, 0.717) is 12.2 Å². The van der Waals surface area contributed by atoms with Crippen molar-refractivity contribution in [3.05, 3.63) is 11.7 Å². The van der Waals surface area contributed by atoms with Crippen LogP contribution in [-0.4, -0.2) is 18.6 Å². The maximum atomic E-state index is 10.6. The molecule has 0 unspecified atom stereocenters. The second-order valence-corrected chi connectivity index (χ2v) is 5.31. The molecule has 13 heavy (non-hydrogen) atoms. The summed E-state index contributed by atoms with van der Waals surface area (Å²) < 4.78 is 25.9. The zero-order chi connectivity index (χ0) is 9.90. The van der Waals surface area contributed by atoms with E-state index in [4.69, 9.17) is 10.7 Å². The number of aryl methyl sites for hydroxylation is 1.